The van der Waals surface area contributed by atoms with E-state index < -0.39 is 25.8 Å². The summed E-state index contributed by atoms with van der Waals surface area (Å²) < 4.78 is 46.7. The quantitative estimate of drug-likeness (QED) is 0.736. The molecule has 1 aliphatic carbocycles. The van der Waals surface area contributed by atoms with Crippen molar-refractivity contribution in [2.24, 2.45) is 11.1 Å². The maximum atomic E-state index is 13.5. The van der Waals surface area contributed by atoms with Gasteiger partial charge in [0, 0.05) is 12.5 Å². The number of nitrogens with two attached hydrogens (primary N) is 1. The zero-order valence-corrected chi connectivity index (χ0v) is 15.7. The van der Waals surface area contributed by atoms with Crippen molar-refractivity contribution in [2.45, 2.75) is 83.3 Å². The van der Waals surface area contributed by atoms with Gasteiger partial charge in [-0.05, 0) is 50.2 Å². The van der Waals surface area contributed by atoms with Crippen molar-refractivity contribution in [2.75, 3.05) is 0 Å². The first-order valence-electron chi connectivity index (χ1n) is 8.07. The average molecular weight is 352 g/mol. The molecular weight excluding hydrogens is 323 g/mol. The summed E-state index contributed by atoms with van der Waals surface area (Å²) in [5, 5.41) is 0.0314. The second kappa shape index (κ2) is 6.74. The Morgan fingerprint density at radius 1 is 1.26 bits per heavy atom. The summed E-state index contributed by atoms with van der Waals surface area (Å²) in [6.45, 7) is 10.6. The molecule has 23 heavy (non-hydrogen) atoms. The molecule has 135 valence electrons. The van der Waals surface area contributed by atoms with Gasteiger partial charge in [0.1, 0.15) is 0 Å². The number of halogens is 3. The fourth-order valence-electron chi connectivity index (χ4n) is 2.72. The van der Waals surface area contributed by atoms with Gasteiger partial charge in [-0.1, -0.05) is 20.8 Å². The van der Waals surface area contributed by atoms with Crippen LogP contribution in [0.5, 0.6) is 0 Å². The Morgan fingerprint density at radius 2 is 1.74 bits per heavy atom. The lowest BCUT2D eigenvalue weighted by Crippen LogP contribution is -2.48. The third kappa shape index (κ3) is 4.95. The molecule has 0 aromatic heterocycles. The minimum atomic E-state index is -4.36. The molecule has 0 spiro atoms. The van der Waals surface area contributed by atoms with E-state index in [-0.39, 0.29) is 30.4 Å². The number of alkyl halides is 3. The van der Waals surface area contributed by atoms with Crippen molar-refractivity contribution in [3.63, 3.8) is 0 Å². The Hall–Kier alpha value is -0.563. The van der Waals surface area contributed by atoms with E-state index in [0.29, 0.717) is 12.8 Å². The van der Waals surface area contributed by atoms with Crippen LogP contribution in [0.2, 0.25) is 18.1 Å². The number of rotatable bonds is 5. The molecule has 0 saturated heterocycles. The van der Waals surface area contributed by atoms with Gasteiger partial charge < -0.3 is 10.2 Å². The number of hydrogen-bond acceptors (Lipinski definition) is 2. The van der Waals surface area contributed by atoms with E-state index in [1.807, 2.05) is 0 Å². The molecule has 7 heteroatoms. The summed E-state index contributed by atoms with van der Waals surface area (Å²) in [5.41, 5.74) is 3.11. The number of amides is 1. The summed E-state index contributed by atoms with van der Waals surface area (Å²) in [7, 11) is -1.99. The van der Waals surface area contributed by atoms with E-state index in [0.717, 1.165) is 6.42 Å². The van der Waals surface area contributed by atoms with Crippen molar-refractivity contribution < 1.29 is 22.4 Å². The monoisotopic (exact) mass is 352 g/mol. The highest BCUT2D eigenvalue weighted by atomic mass is 28.4. The zero-order chi connectivity index (χ0) is 18.1. The first-order chi connectivity index (χ1) is 10.2. The summed E-state index contributed by atoms with van der Waals surface area (Å²) in [5.74, 6) is -0.728. The minimum absolute atomic E-state index is 0.0314. The van der Waals surface area contributed by atoms with Gasteiger partial charge in [0.2, 0.25) is 5.91 Å². The topological polar surface area (TPSA) is 52.3 Å². The van der Waals surface area contributed by atoms with Crippen LogP contribution in [0.4, 0.5) is 13.2 Å². The van der Waals surface area contributed by atoms with Gasteiger partial charge in [0.25, 0.3) is 0 Å². The lowest BCUT2D eigenvalue weighted by atomic mass is 9.69. The van der Waals surface area contributed by atoms with E-state index in [1.165, 1.54) is 0 Å². The highest BCUT2D eigenvalue weighted by molar-refractivity contribution is 6.74. The third-order valence-electron chi connectivity index (χ3n) is 5.35. The molecule has 0 bridgehead atoms. The Labute approximate surface area is 138 Å². The number of carbonyl (C=O) groups excluding carboxylic acids is 1. The van der Waals surface area contributed by atoms with Crippen molar-refractivity contribution in [3.05, 3.63) is 6.42 Å². The minimum Gasteiger partial charge on any atom is -0.414 e. The van der Waals surface area contributed by atoms with Gasteiger partial charge in [-0.3, -0.25) is 4.79 Å². The van der Waals surface area contributed by atoms with Crippen LogP contribution in [0.15, 0.2) is 0 Å². The second-order valence-electron chi connectivity index (χ2n) is 8.11. The van der Waals surface area contributed by atoms with E-state index in [2.05, 4.69) is 33.9 Å². The van der Waals surface area contributed by atoms with Gasteiger partial charge in [-0.2, -0.15) is 13.2 Å². The lowest BCUT2D eigenvalue weighted by Gasteiger charge is -2.45. The molecule has 1 radical (unpaired) electrons. The van der Waals surface area contributed by atoms with Crippen LogP contribution < -0.4 is 5.73 Å². The lowest BCUT2D eigenvalue weighted by molar-refractivity contribution is -0.225. The van der Waals surface area contributed by atoms with Crippen molar-refractivity contribution in [1.29, 1.82) is 0 Å². The first-order valence-corrected chi connectivity index (χ1v) is 11.0. The Balaban J connectivity index is 2.75. The predicted molar refractivity (Wildman–Crippen MR) is 87.1 cm³/mol. The number of hydrogen-bond donors (Lipinski definition) is 1. The number of primary amides is 1. The average Bonchev–Trinajstić information content (AvgIpc) is 2.35. The summed E-state index contributed by atoms with van der Waals surface area (Å²) in [6, 6.07) is 0. The van der Waals surface area contributed by atoms with Crippen LogP contribution >= 0.6 is 0 Å². The molecule has 1 saturated carbocycles. The molecule has 2 N–H and O–H groups in total. The molecule has 0 heterocycles. The molecule has 0 aromatic rings. The SMILES string of the molecule is CC(C)(C)[Si](C)(C)OC1CCC([CH]CC(N)=O)(C(F)(F)F)CC1. The maximum Gasteiger partial charge on any atom is 0.394 e. The molecule has 0 atom stereocenters. The van der Waals surface area contributed by atoms with Gasteiger partial charge in [-0.15, -0.1) is 0 Å². The molecule has 0 aliphatic heterocycles. The van der Waals surface area contributed by atoms with Gasteiger partial charge in [-0.25, -0.2) is 0 Å². The van der Waals surface area contributed by atoms with E-state index >= 15 is 0 Å². The fourth-order valence-corrected chi connectivity index (χ4v) is 4.14. The van der Waals surface area contributed by atoms with Crippen LogP contribution in [-0.4, -0.2) is 26.5 Å². The summed E-state index contributed by atoms with van der Waals surface area (Å²) >= 11 is 0. The first kappa shape index (κ1) is 20.5. The third-order valence-corrected chi connectivity index (χ3v) is 9.89. The maximum absolute atomic E-state index is 13.5. The molecular formula is C16H29F3NO2Si. The van der Waals surface area contributed by atoms with Crippen molar-refractivity contribution in [3.8, 4) is 0 Å². The van der Waals surface area contributed by atoms with Crippen molar-refractivity contribution in [1.82, 2.24) is 0 Å². The normalized spacial score (nSPS) is 27.0. The molecule has 1 rings (SSSR count). The highest BCUT2D eigenvalue weighted by Crippen LogP contribution is 2.52. The molecule has 3 nitrogen and oxygen atoms in total. The van der Waals surface area contributed by atoms with E-state index in [4.69, 9.17) is 10.2 Å². The van der Waals surface area contributed by atoms with Crippen LogP contribution in [0.1, 0.15) is 52.9 Å². The van der Waals surface area contributed by atoms with Crippen LogP contribution in [0.3, 0.4) is 0 Å². The Bertz CT molecular complexity index is 422. The standard InChI is InChI=1S/C16H29F3NO2Si/c1-14(2,3)23(4,5)22-12-6-9-15(10-7-12,16(17,18)19)11-8-13(20)21/h11-12H,6-10H2,1-5H3,(H2,20,21). The Morgan fingerprint density at radius 3 is 2.09 bits per heavy atom. The zero-order valence-electron chi connectivity index (χ0n) is 14.7. The predicted octanol–water partition coefficient (Wildman–Crippen LogP) is 4.58. The largest absolute Gasteiger partial charge is 0.414 e. The van der Waals surface area contributed by atoms with Gasteiger partial charge in [0.05, 0.1) is 5.41 Å². The molecule has 1 aliphatic rings. The summed E-state index contributed by atoms with van der Waals surface area (Å²) in [4.78, 5) is 10.9. The van der Waals surface area contributed by atoms with Gasteiger partial charge in [0.15, 0.2) is 8.32 Å². The summed E-state index contributed by atoms with van der Waals surface area (Å²) in [6.07, 6.45) is -3.11. The molecule has 1 fully saturated rings. The molecule has 1 amide bonds. The molecule has 0 unspecified atom stereocenters. The highest BCUT2D eigenvalue weighted by Gasteiger charge is 2.56. The number of carbonyl (C=O) groups is 1. The van der Waals surface area contributed by atoms with Crippen LogP contribution in [-0.2, 0) is 9.22 Å². The van der Waals surface area contributed by atoms with Crippen LogP contribution in [0.25, 0.3) is 0 Å². The molecule has 0 aromatic carbocycles. The van der Waals surface area contributed by atoms with E-state index in [9.17, 15) is 18.0 Å². The van der Waals surface area contributed by atoms with Crippen molar-refractivity contribution >= 4 is 14.2 Å². The van der Waals surface area contributed by atoms with E-state index in [1.54, 1.807) is 0 Å². The Kier molecular flexibility index (Phi) is 6.01. The smallest absolute Gasteiger partial charge is 0.394 e. The fraction of sp³-hybridized carbons (Fsp3) is 0.875. The van der Waals surface area contributed by atoms with Crippen LogP contribution in [0, 0.1) is 11.8 Å². The van der Waals surface area contributed by atoms with Gasteiger partial charge >= 0.3 is 6.18 Å². The second-order valence-corrected chi connectivity index (χ2v) is 12.9.